The van der Waals surface area contributed by atoms with Crippen LogP contribution in [0.4, 0.5) is 0 Å². The molecule has 1 fully saturated rings. The van der Waals surface area contributed by atoms with Gasteiger partial charge in [0.25, 0.3) is 0 Å². The molecule has 0 saturated carbocycles. The zero-order valence-corrected chi connectivity index (χ0v) is 8.65. The number of hydrogen-bond donors (Lipinski definition) is 0. The molecule has 0 amide bonds. The predicted octanol–water partition coefficient (Wildman–Crippen LogP) is 0.495. The Balaban J connectivity index is 1.84. The maximum absolute atomic E-state index is 10.6. The summed E-state index contributed by atoms with van der Waals surface area (Å²) in [5.41, 5.74) is 0. The average molecular weight is 216 g/mol. The van der Waals surface area contributed by atoms with E-state index in [4.69, 9.17) is 18.9 Å². The molecule has 1 aliphatic rings. The van der Waals surface area contributed by atoms with E-state index in [0.29, 0.717) is 32.8 Å². The lowest BCUT2D eigenvalue weighted by atomic mass is 10.4. The van der Waals surface area contributed by atoms with Crippen molar-refractivity contribution in [3.05, 3.63) is 12.7 Å². The van der Waals surface area contributed by atoms with Crippen molar-refractivity contribution in [2.45, 2.75) is 12.7 Å². The highest BCUT2D eigenvalue weighted by atomic mass is 16.7. The van der Waals surface area contributed by atoms with Crippen molar-refractivity contribution in [1.29, 1.82) is 0 Å². The maximum atomic E-state index is 10.6. The molecular formula is C10H16O5. The molecule has 0 aromatic rings. The van der Waals surface area contributed by atoms with Crippen LogP contribution in [-0.4, -0.2) is 45.3 Å². The summed E-state index contributed by atoms with van der Waals surface area (Å²) in [6, 6.07) is 0. The molecule has 86 valence electrons. The first kappa shape index (κ1) is 12.2. The minimum Gasteiger partial charge on any atom is -0.460 e. The highest BCUT2D eigenvalue weighted by molar-refractivity contribution is 5.81. The van der Waals surface area contributed by atoms with E-state index in [0.717, 1.165) is 6.08 Å². The van der Waals surface area contributed by atoms with Crippen molar-refractivity contribution in [3.8, 4) is 0 Å². The first-order valence-electron chi connectivity index (χ1n) is 4.93. The smallest absolute Gasteiger partial charge is 0.330 e. The van der Waals surface area contributed by atoms with Gasteiger partial charge in [-0.25, -0.2) is 4.79 Å². The third-order valence-corrected chi connectivity index (χ3v) is 1.83. The topological polar surface area (TPSA) is 54.0 Å². The van der Waals surface area contributed by atoms with Crippen LogP contribution < -0.4 is 0 Å². The molecule has 1 heterocycles. The molecule has 15 heavy (non-hydrogen) atoms. The SMILES string of the molecule is C=CC(=O)OCCOCCC1OCCO1. The van der Waals surface area contributed by atoms with Crippen LogP contribution in [-0.2, 0) is 23.7 Å². The molecular weight excluding hydrogens is 200 g/mol. The molecule has 0 aliphatic carbocycles. The summed E-state index contributed by atoms with van der Waals surface area (Å²) in [6.07, 6.45) is 1.69. The number of hydrogen-bond acceptors (Lipinski definition) is 5. The Hall–Kier alpha value is -0.910. The van der Waals surface area contributed by atoms with E-state index in [9.17, 15) is 4.79 Å². The average Bonchev–Trinajstić information content (AvgIpc) is 2.75. The van der Waals surface area contributed by atoms with Crippen molar-refractivity contribution in [2.75, 3.05) is 33.0 Å². The van der Waals surface area contributed by atoms with E-state index in [1.807, 2.05) is 0 Å². The Labute approximate surface area is 88.9 Å². The Bertz CT molecular complexity index is 198. The largest absolute Gasteiger partial charge is 0.460 e. The van der Waals surface area contributed by atoms with Crippen LogP contribution in [0, 0.1) is 0 Å². The number of carbonyl (C=O) groups is 1. The van der Waals surface area contributed by atoms with Gasteiger partial charge in [0.2, 0.25) is 0 Å². The van der Waals surface area contributed by atoms with Gasteiger partial charge in [0.15, 0.2) is 6.29 Å². The van der Waals surface area contributed by atoms with E-state index in [2.05, 4.69) is 6.58 Å². The molecule has 0 spiro atoms. The van der Waals surface area contributed by atoms with Crippen molar-refractivity contribution in [2.24, 2.45) is 0 Å². The van der Waals surface area contributed by atoms with Gasteiger partial charge in [-0.2, -0.15) is 0 Å². The summed E-state index contributed by atoms with van der Waals surface area (Å²) >= 11 is 0. The van der Waals surface area contributed by atoms with E-state index in [1.54, 1.807) is 0 Å². The molecule has 0 radical (unpaired) electrons. The van der Waals surface area contributed by atoms with Crippen LogP contribution >= 0.6 is 0 Å². The first-order chi connectivity index (χ1) is 7.33. The summed E-state index contributed by atoms with van der Waals surface area (Å²) in [7, 11) is 0. The second-order valence-electron chi connectivity index (χ2n) is 2.94. The van der Waals surface area contributed by atoms with Gasteiger partial charge < -0.3 is 18.9 Å². The fourth-order valence-electron chi connectivity index (χ4n) is 1.12. The minimum atomic E-state index is -0.430. The summed E-state index contributed by atoms with van der Waals surface area (Å²) in [5, 5.41) is 0. The van der Waals surface area contributed by atoms with Gasteiger partial charge in [0.1, 0.15) is 6.61 Å². The molecule has 1 rings (SSSR count). The molecule has 1 aliphatic heterocycles. The lowest BCUT2D eigenvalue weighted by molar-refractivity contribution is -0.139. The van der Waals surface area contributed by atoms with E-state index in [-0.39, 0.29) is 12.9 Å². The lowest BCUT2D eigenvalue weighted by Gasteiger charge is -2.09. The number of carbonyl (C=O) groups excluding carboxylic acids is 1. The van der Waals surface area contributed by atoms with Crippen LogP contribution in [0.3, 0.4) is 0 Å². The summed E-state index contributed by atoms with van der Waals surface area (Å²) in [6.45, 7) is 5.75. The third-order valence-electron chi connectivity index (χ3n) is 1.83. The molecule has 5 heteroatoms. The van der Waals surface area contributed by atoms with Crippen molar-refractivity contribution < 1.29 is 23.7 Å². The van der Waals surface area contributed by atoms with Crippen molar-refractivity contribution in [3.63, 3.8) is 0 Å². The van der Waals surface area contributed by atoms with Crippen LogP contribution in [0.2, 0.25) is 0 Å². The zero-order chi connectivity index (χ0) is 10.9. The summed E-state index contributed by atoms with van der Waals surface area (Å²) in [4.78, 5) is 10.6. The number of rotatable bonds is 7. The molecule has 0 bridgehead atoms. The Morgan fingerprint density at radius 3 is 2.73 bits per heavy atom. The summed E-state index contributed by atoms with van der Waals surface area (Å²) < 4.78 is 20.4. The zero-order valence-electron chi connectivity index (χ0n) is 8.65. The monoisotopic (exact) mass is 216 g/mol. The van der Waals surface area contributed by atoms with Gasteiger partial charge in [0, 0.05) is 12.5 Å². The fourth-order valence-corrected chi connectivity index (χ4v) is 1.12. The van der Waals surface area contributed by atoms with Crippen LogP contribution in [0.1, 0.15) is 6.42 Å². The van der Waals surface area contributed by atoms with E-state index in [1.165, 1.54) is 0 Å². The Morgan fingerprint density at radius 2 is 2.07 bits per heavy atom. The molecule has 5 nitrogen and oxygen atoms in total. The molecule has 0 aromatic heterocycles. The fraction of sp³-hybridized carbons (Fsp3) is 0.700. The van der Waals surface area contributed by atoms with Gasteiger partial charge in [-0.3, -0.25) is 0 Å². The first-order valence-corrected chi connectivity index (χ1v) is 4.93. The Kier molecular flexibility index (Phi) is 5.99. The summed E-state index contributed by atoms with van der Waals surface area (Å²) in [5.74, 6) is -0.430. The van der Waals surface area contributed by atoms with Crippen LogP contribution in [0.5, 0.6) is 0 Å². The lowest BCUT2D eigenvalue weighted by Crippen LogP contribution is -2.14. The quantitative estimate of drug-likeness (QED) is 0.352. The van der Waals surface area contributed by atoms with Crippen molar-refractivity contribution >= 4 is 5.97 Å². The predicted molar refractivity (Wildman–Crippen MR) is 52.3 cm³/mol. The second kappa shape index (κ2) is 7.39. The van der Waals surface area contributed by atoms with E-state index < -0.39 is 5.97 Å². The number of esters is 1. The Morgan fingerprint density at radius 1 is 1.33 bits per heavy atom. The van der Waals surface area contributed by atoms with E-state index >= 15 is 0 Å². The molecule has 0 atom stereocenters. The molecule has 0 aromatic carbocycles. The molecule has 1 saturated heterocycles. The minimum absolute atomic E-state index is 0.138. The van der Waals surface area contributed by atoms with Crippen LogP contribution in [0.15, 0.2) is 12.7 Å². The molecule has 0 N–H and O–H groups in total. The normalized spacial score (nSPS) is 16.5. The van der Waals surface area contributed by atoms with Gasteiger partial charge in [0.05, 0.1) is 26.4 Å². The number of ether oxygens (including phenoxy) is 4. The highest BCUT2D eigenvalue weighted by Crippen LogP contribution is 2.07. The highest BCUT2D eigenvalue weighted by Gasteiger charge is 2.14. The van der Waals surface area contributed by atoms with Gasteiger partial charge >= 0.3 is 5.97 Å². The molecule has 0 unspecified atom stereocenters. The maximum Gasteiger partial charge on any atom is 0.330 e. The standard InChI is InChI=1S/C10H16O5/c1-2-9(11)13-6-5-12-4-3-10-14-7-8-15-10/h2,10H,1,3-8H2. The van der Waals surface area contributed by atoms with Gasteiger partial charge in [-0.05, 0) is 0 Å². The van der Waals surface area contributed by atoms with Crippen molar-refractivity contribution in [1.82, 2.24) is 0 Å². The van der Waals surface area contributed by atoms with Gasteiger partial charge in [-0.1, -0.05) is 6.58 Å². The van der Waals surface area contributed by atoms with Gasteiger partial charge in [-0.15, -0.1) is 0 Å². The third kappa shape index (κ3) is 5.51. The second-order valence-corrected chi connectivity index (χ2v) is 2.94. The van der Waals surface area contributed by atoms with Crippen LogP contribution in [0.25, 0.3) is 0 Å².